The van der Waals surface area contributed by atoms with Crippen LogP contribution in [0.25, 0.3) is 0 Å². The van der Waals surface area contributed by atoms with Crippen molar-refractivity contribution in [3.05, 3.63) is 0 Å². The second-order valence-electron chi connectivity index (χ2n) is 2.96. The zero-order valence-electron chi connectivity index (χ0n) is 8.60. The van der Waals surface area contributed by atoms with Gasteiger partial charge in [0.25, 0.3) is 0 Å². The number of thioether (sulfide) groups is 1. The Morgan fingerprint density at radius 1 is 1.53 bits per heavy atom. The third kappa shape index (κ3) is 7.82. The largest absolute Gasteiger partial charge is 0.481 e. The van der Waals surface area contributed by atoms with E-state index < -0.39 is 5.97 Å². The molecule has 6 heteroatoms. The van der Waals surface area contributed by atoms with Gasteiger partial charge in [-0.05, 0) is 6.42 Å². The normalized spacial score (nSPS) is 9.33. The standard InChI is InChI=1S/C9H14N2O3S/c1-11(5-2-3-9(13)14)8(12)7-15-6-4-10/h2-3,5-7H2,1H3,(H,13,14). The van der Waals surface area contributed by atoms with Gasteiger partial charge in [0.1, 0.15) is 0 Å². The maximum absolute atomic E-state index is 11.3. The fourth-order valence-corrected chi connectivity index (χ4v) is 1.47. The van der Waals surface area contributed by atoms with Crippen molar-refractivity contribution in [2.45, 2.75) is 12.8 Å². The summed E-state index contributed by atoms with van der Waals surface area (Å²) in [5.41, 5.74) is 0. The van der Waals surface area contributed by atoms with E-state index in [4.69, 9.17) is 10.4 Å². The molecule has 84 valence electrons. The highest BCUT2D eigenvalue weighted by molar-refractivity contribution is 8.00. The molecule has 0 spiro atoms. The van der Waals surface area contributed by atoms with Crippen LogP contribution >= 0.6 is 11.8 Å². The average Bonchev–Trinajstić information content (AvgIpc) is 2.17. The summed E-state index contributed by atoms with van der Waals surface area (Å²) >= 11 is 1.26. The fourth-order valence-electron chi connectivity index (χ4n) is 0.886. The lowest BCUT2D eigenvalue weighted by molar-refractivity contribution is -0.137. The van der Waals surface area contributed by atoms with Crippen molar-refractivity contribution in [2.24, 2.45) is 0 Å². The predicted octanol–water partition coefficient (Wildman–Crippen LogP) is 0.566. The van der Waals surface area contributed by atoms with Crippen LogP contribution in [0.1, 0.15) is 12.8 Å². The van der Waals surface area contributed by atoms with E-state index in [1.807, 2.05) is 6.07 Å². The number of nitrogens with zero attached hydrogens (tertiary/aromatic N) is 2. The predicted molar refractivity (Wildman–Crippen MR) is 57.4 cm³/mol. The molecule has 0 radical (unpaired) electrons. The van der Waals surface area contributed by atoms with E-state index >= 15 is 0 Å². The molecule has 0 aromatic rings. The number of hydrogen-bond donors (Lipinski definition) is 1. The summed E-state index contributed by atoms with van der Waals surface area (Å²) in [7, 11) is 1.64. The molecule has 0 aliphatic carbocycles. The number of carboxylic acid groups (broad SMARTS) is 1. The first-order valence-electron chi connectivity index (χ1n) is 4.48. The number of nitriles is 1. The maximum atomic E-state index is 11.3. The average molecular weight is 230 g/mol. The Hall–Kier alpha value is -1.22. The molecule has 0 rings (SSSR count). The van der Waals surface area contributed by atoms with Gasteiger partial charge in [-0.15, -0.1) is 11.8 Å². The third-order valence-electron chi connectivity index (χ3n) is 1.70. The maximum Gasteiger partial charge on any atom is 0.303 e. The van der Waals surface area contributed by atoms with Crippen molar-refractivity contribution in [1.29, 1.82) is 5.26 Å². The smallest absolute Gasteiger partial charge is 0.303 e. The lowest BCUT2D eigenvalue weighted by Gasteiger charge is -2.15. The Balaban J connectivity index is 3.61. The molecule has 0 saturated carbocycles. The van der Waals surface area contributed by atoms with Crippen LogP contribution in [-0.2, 0) is 9.59 Å². The highest BCUT2D eigenvalue weighted by Gasteiger charge is 2.08. The number of rotatable bonds is 7. The van der Waals surface area contributed by atoms with Gasteiger partial charge in [0.15, 0.2) is 0 Å². The zero-order valence-corrected chi connectivity index (χ0v) is 9.42. The Bertz CT molecular complexity index is 263. The van der Waals surface area contributed by atoms with Crippen molar-refractivity contribution in [2.75, 3.05) is 25.1 Å². The van der Waals surface area contributed by atoms with Crippen molar-refractivity contribution >= 4 is 23.6 Å². The summed E-state index contributed by atoms with van der Waals surface area (Å²) in [6.07, 6.45) is 0.531. The van der Waals surface area contributed by atoms with Crippen LogP contribution in [-0.4, -0.2) is 47.0 Å². The van der Waals surface area contributed by atoms with E-state index in [1.165, 1.54) is 16.7 Å². The molecule has 0 aliphatic rings. The van der Waals surface area contributed by atoms with Crippen LogP contribution in [0.2, 0.25) is 0 Å². The van der Waals surface area contributed by atoms with Crippen LogP contribution < -0.4 is 0 Å². The van der Waals surface area contributed by atoms with Gasteiger partial charge in [-0.1, -0.05) is 0 Å². The number of carboxylic acids is 1. The van der Waals surface area contributed by atoms with Crippen LogP contribution in [0.3, 0.4) is 0 Å². The SMILES string of the molecule is CN(CCCC(=O)O)C(=O)CSCC#N. The zero-order chi connectivity index (χ0) is 11.7. The first-order valence-corrected chi connectivity index (χ1v) is 5.64. The summed E-state index contributed by atoms with van der Waals surface area (Å²) in [4.78, 5) is 23.1. The Kier molecular flexibility index (Phi) is 7.46. The van der Waals surface area contributed by atoms with Crippen LogP contribution in [0, 0.1) is 11.3 Å². The molecule has 0 atom stereocenters. The van der Waals surface area contributed by atoms with Crippen LogP contribution in [0.5, 0.6) is 0 Å². The summed E-state index contributed by atoms with van der Waals surface area (Å²) in [6, 6.07) is 1.93. The van der Waals surface area contributed by atoms with E-state index in [0.29, 0.717) is 18.7 Å². The van der Waals surface area contributed by atoms with Gasteiger partial charge in [0.2, 0.25) is 5.91 Å². The highest BCUT2D eigenvalue weighted by Crippen LogP contribution is 2.01. The number of carbonyl (C=O) groups is 2. The Labute approximate surface area is 93.1 Å². The molecule has 0 aromatic carbocycles. The van der Waals surface area contributed by atoms with Crippen LogP contribution in [0.4, 0.5) is 0 Å². The lowest BCUT2D eigenvalue weighted by Crippen LogP contribution is -2.29. The van der Waals surface area contributed by atoms with Gasteiger partial charge < -0.3 is 10.0 Å². The van der Waals surface area contributed by atoms with Crippen LogP contribution in [0.15, 0.2) is 0 Å². The molecule has 0 unspecified atom stereocenters. The lowest BCUT2D eigenvalue weighted by atomic mass is 10.3. The van der Waals surface area contributed by atoms with E-state index in [9.17, 15) is 9.59 Å². The molecule has 15 heavy (non-hydrogen) atoms. The molecular weight excluding hydrogens is 216 g/mol. The number of hydrogen-bond acceptors (Lipinski definition) is 4. The van der Waals surface area contributed by atoms with E-state index in [0.717, 1.165) is 0 Å². The van der Waals surface area contributed by atoms with Crippen molar-refractivity contribution in [1.82, 2.24) is 4.90 Å². The van der Waals surface area contributed by atoms with Gasteiger partial charge in [-0.3, -0.25) is 9.59 Å². The topological polar surface area (TPSA) is 81.4 Å². The molecule has 0 saturated heterocycles. The van der Waals surface area contributed by atoms with E-state index in [2.05, 4.69) is 0 Å². The second kappa shape index (κ2) is 8.12. The van der Waals surface area contributed by atoms with Gasteiger partial charge in [-0.25, -0.2) is 0 Å². The van der Waals surface area contributed by atoms with E-state index in [1.54, 1.807) is 7.05 Å². The minimum absolute atomic E-state index is 0.0689. The molecule has 1 amide bonds. The van der Waals surface area contributed by atoms with Crippen molar-refractivity contribution in [3.63, 3.8) is 0 Å². The second-order valence-corrected chi connectivity index (χ2v) is 3.95. The molecule has 0 aromatic heterocycles. The molecule has 5 nitrogen and oxygen atoms in total. The van der Waals surface area contributed by atoms with Gasteiger partial charge in [-0.2, -0.15) is 5.26 Å². The van der Waals surface area contributed by atoms with Crippen molar-refractivity contribution in [3.8, 4) is 6.07 Å². The molecule has 0 fully saturated rings. The molecule has 0 heterocycles. The quantitative estimate of drug-likeness (QED) is 0.646. The third-order valence-corrected chi connectivity index (χ3v) is 2.49. The Morgan fingerprint density at radius 3 is 2.73 bits per heavy atom. The monoisotopic (exact) mass is 230 g/mol. The summed E-state index contributed by atoms with van der Waals surface area (Å²) in [5.74, 6) is -0.346. The van der Waals surface area contributed by atoms with Gasteiger partial charge in [0.05, 0.1) is 17.6 Å². The Morgan fingerprint density at radius 2 is 2.20 bits per heavy atom. The fraction of sp³-hybridized carbons (Fsp3) is 0.667. The van der Waals surface area contributed by atoms with Gasteiger partial charge >= 0.3 is 5.97 Å². The number of amides is 1. The van der Waals surface area contributed by atoms with Gasteiger partial charge in [0, 0.05) is 20.0 Å². The highest BCUT2D eigenvalue weighted by atomic mass is 32.2. The summed E-state index contributed by atoms with van der Waals surface area (Å²) < 4.78 is 0. The first kappa shape index (κ1) is 13.8. The van der Waals surface area contributed by atoms with E-state index in [-0.39, 0.29) is 18.1 Å². The first-order chi connectivity index (χ1) is 7.07. The summed E-state index contributed by atoms with van der Waals surface area (Å²) in [6.45, 7) is 0.443. The van der Waals surface area contributed by atoms with Crippen molar-refractivity contribution < 1.29 is 14.7 Å². The minimum atomic E-state index is -0.852. The number of aliphatic carboxylic acids is 1. The molecule has 0 bridgehead atoms. The minimum Gasteiger partial charge on any atom is -0.481 e. The molecule has 1 N–H and O–H groups in total. The number of carbonyl (C=O) groups excluding carboxylic acids is 1. The molecule has 0 aliphatic heterocycles. The molecular formula is C9H14N2O3S. The summed E-state index contributed by atoms with van der Waals surface area (Å²) in [5, 5.41) is 16.7.